The van der Waals surface area contributed by atoms with Crippen LogP contribution in [0.3, 0.4) is 0 Å². The van der Waals surface area contributed by atoms with Crippen LogP contribution >= 0.6 is 0 Å². The normalized spacial score (nSPS) is 31.0. The van der Waals surface area contributed by atoms with E-state index in [1.54, 1.807) is 5.57 Å². The molecule has 0 nitrogen and oxygen atoms in total. The highest BCUT2D eigenvalue weighted by Crippen LogP contribution is 2.25. The lowest BCUT2D eigenvalue weighted by atomic mass is 9.89. The van der Waals surface area contributed by atoms with Crippen LogP contribution in [-0.2, 0) is 0 Å². The van der Waals surface area contributed by atoms with Gasteiger partial charge in [-0.3, -0.25) is 0 Å². The standard InChI is InChI=1S/C15H24/c1-12(2)15-10-8-13(3)6-5-7-14(4)9-11-15/h6,9,15H,1,5,7-8,10-11H2,2-4H3/b13-6-,14-9+. The number of hydrogen-bond donors (Lipinski definition) is 0. The summed E-state index contributed by atoms with van der Waals surface area (Å²) >= 11 is 0. The molecule has 0 amide bonds. The van der Waals surface area contributed by atoms with Gasteiger partial charge < -0.3 is 0 Å². The van der Waals surface area contributed by atoms with Gasteiger partial charge in [-0.05, 0) is 58.8 Å². The van der Waals surface area contributed by atoms with Gasteiger partial charge in [0.05, 0.1) is 0 Å². The molecule has 1 atom stereocenters. The van der Waals surface area contributed by atoms with Crippen LogP contribution in [0.4, 0.5) is 0 Å². The Hall–Kier alpha value is -0.780. The molecular formula is C15H24. The van der Waals surface area contributed by atoms with Crippen LogP contribution in [0.15, 0.2) is 35.5 Å². The predicted octanol–water partition coefficient (Wildman–Crippen LogP) is 5.04. The minimum absolute atomic E-state index is 0.682. The van der Waals surface area contributed by atoms with Crippen molar-refractivity contribution in [2.45, 2.75) is 52.9 Å². The van der Waals surface area contributed by atoms with Crippen molar-refractivity contribution < 1.29 is 0 Å². The Kier molecular flexibility index (Phi) is 4.87. The molecule has 0 aliphatic heterocycles. The maximum absolute atomic E-state index is 4.11. The summed E-state index contributed by atoms with van der Waals surface area (Å²) in [6, 6.07) is 0. The van der Waals surface area contributed by atoms with Crippen molar-refractivity contribution in [3.63, 3.8) is 0 Å². The van der Waals surface area contributed by atoms with Gasteiger partial charge in [0.1, 0.15) is 0 Å². The minimum atomic E-state index is 0.682. The number of allylic oxidation sites excluding steroid dienone is 5. The Morgan fingerprint density at radius 1 is 1.20 bits per heavy atom. The lowest BCUT2D eigenvalue weighted by Crippen LogP contribution is -2.02. The van der Waals surface area contributed by atoms with Gasteiger partial charge in [0.2, 0.25) is 0 Å². The average molecular weight is 204 g/mol. The minimum Gasteiger partial charge on any atom is -0.0998 e. The number of rotatable bonds is 1. The van der Waals surface area contributed by atoms with Gasteiger partial charge in [0.15, 0.2) is 0 Å². The van der Waals surface area contributed by atoms with Crippen LogP contribution in [0.5, 0.6) is 0 Å². The average Bonchev–Trinajstić information content (AvgIpc) is 2.16. The van der Waals surface area contributed by atoms with E-state index >= 15 is 0 Å². The maximum atomic E-state index is 4.11. The molecule has 1 aliphatic rings. The molecule has 1 rings (SSSR count). The van der Waals surface area contributed by atoms with Gasteiger partial charge in [0, 0.05) is 0 Å². The maximum Gasteiger partial charge on any atom is -0.0171 e. The molecular weight excluding hydrogens is 180 g/mol. The Bertz CT molecular complexity index is 278. The molecule has 0 saturated heterocycles. The topological polar surface area (TPSA) is 0 Å². The molecule has 1 aliphatic carbocycles. The summed E-state index contributed by atoms with van der Waals surface area (Å²) < 4.78 is 0. The van der Waals surface area contributed by atoms with E-state index < -0.39 is 0 Å². The first-order valence-corrected chi connectivity index (χ1v) is 6.06. The van der Waals surface area contributed by atoms with Crippen LogP contribution < -0.4 is 0 Å². The molecule has 0 spiro atoms. The summed E-state index contributed by atoms with van der Waals surface area (Å²) in [6.07, 6.45) is 10.9. The van der Waals surface area contributed by atoms with Gasteiger partial charge in [-0.1, -0.05) is 35.5 Å². The lowest BCUT2D eigenvalue weighted by Gasteiger charge is -2.17. The first-order valence-electron chi connectivity index (χ1n) is 6.06. The fraction of sp³-hybridized carbons (Fsp3) is 0.600. The van der Waals surface area contributed by atoms with Gasteiger partial charge in [-0.25, -0.2) is 0 Å². The van der Waals surface area contributed by atoms with Crippen LogP contribution in [0.25, 0.3) is 0 Å². The van der Waals surface area contributed by atoms with Crippen LogP contribution in [0.1, 0.15) is 52.9 Å². The van der Waals surface area contributed by atoms with Crippen LogP contribution in [-0.4, -0.2) is 0 Å². The highest BCUT2D eigenvalue weighted by molar-refractivity contribution is 5.09. The third-order valence-electron chi connectivity index (χ3n) is 3.37. The summed E-state index contributed by atoms with van der Waals surface area (Å²) in [5, 5.41) is 0. The van der Waals surface area contributed by atoms with Crippen molar-refractivity contribution >= 4 is 0 Å². The van der Waals surface area contributed by atoms with Crippen molar-refractivity contribution in [3.8, 4) is 0 Å². The largest absolute Gasteiger partial charge is 0.0998 e. The Balaban J connectivity index is 2.70. The predicted molar refractivity (Wildman–Crippen MR) is 68.9 cm³/mol. The quantitative estimate of drug-likeness (QED) is 0.525. The first-order chi connectivity index (χ1) is 7.09. The second kappa shape index (κ2) is 5.95. The van der Waals surface area contributed by atoms with E-state index in [0.29, 0.717) is 5.92 Å². The van der Waals surface area contributed by atoms with E-state index in [1.807, 2.05) is 0 Å². The highest BCUT2D eigenvalue weighted by atomic mass is 14.1. The molecule has 15 heavy (non-hydrogen) atoms. The zero-order valence-electron chi connectivity index (χ0n) is 10.5. The summed E-state index contributed by atoms with van der Waals surface area (Å²) in [4.78, 5) is 0. The van der Waals surface area contributed by atoms with E-state index in [-0.39, 0.29) is 0 Å². The highest BCUT2D eigenvalue weighted by Gasteiger charge is 2.09. The summed E-state index contributed by atoms with van der Waals surface area (Å²) in [5.74, 6) is 0.682. The molecule has 0 aromatic carbocycles. The smallest absolute Gasteiger partial charge is 0.0171 e. The molecule has 0 N–H and O–H groups in total. The van der Waals surface area contributed by atoms with Crippen molar-refractivity contribution in [3.05, 3.63) is 35.5 Å². The van der Waals surface area contributed by atoms with E-state index in [2.05, 4.69) is 39.5 Å². The zero-order valence-corrected chi connectivity index (χ0v) is 10.5. The third-order valence-corrected chi connectivity index (χ3v) is 3.37. The monoisotopic (exact) mass is 204 g/mol. The molecule has 1 unspecified atom stereocenters. The summed E-state index contributed by atoms with van der Waals surface area (Å²) in [6.45, 7) is 10.8. The fourth-order valence-electron chi connectivity index (χ4n) is 2.06. The molecule has 0 radical (unpaired) electrons. The van der Waals surface area contributed by atoms with Gasteiger partial charge in [-0.15, -0.1) is 0 Å². The van der Waals surface area contributed by atoms with E-state index in [4.69, 9.17) is 0 Å². The van der Waals surface area contributed by atoms with Gasteiger partial charge in [-0.2, -0.15) is 0 Å². The molecule has 0 heteroatoms. The van der Waals surface area contributed by atoms with Crippen molar-refractivity contribution in [1.82, 2.24) is 0 Å². The number of hydrogen-bond acceptors (Lipinski definition) is 0. The molecule has 0 aromatic rings. The first kappa shape index (κ1) is 12.3. The van der Waals surface area contributed by atoms with Crippen molar-refractivity contribution in [2.75, 3.05) is 0 Å². The summed E-state index contributed by atoms with van der Waals surface area (Å²) in [5.41, 5.74) is 4.43. The lowest BCUT2D eigenvalue weighted by molar-refractivity contribution is 0.562. The second-order valence-electron chi connectivity index (χ2n) is 4.96. The van der Waals surface area contributed by atoms with Gasteiger partial charge in [0.25, 0.3) is 0 Å². The van der Waals surface area contributed by atoms with E-state index in [1.165, 1.54) is 43.3 Å². The molecule has 0 bridgehead atoms. The van der Waals surface area contributed by atoms with Crippen LogP contribution in [0, 0.1) is 5.92 Å². The van der Waals surface area contributed by atoms with Crippen molar-refractivity contribution in [2.24, 2.45) is 5.92 Å². The summed E-state index contributed by atoms with van der Waals surface area (Å²) in [7, 11) is 0. The Labute approximate surface area is 94.8 Å². The van der Waals surface area contributed by atoms with Crippen molar-refractivity contribution in [1.29, 1.82) is 0 Å². The zero-order chi connectivity index (χ0) is 11.3. The molecule has 0 saturated carbocycles. The second-order valence-corrected chi connectivity index (χ2v) is 4.96. The SMILES string of the molecule is C=C(C)C1C/C=C(\C)CC/C=C(/C)CC1. The molecule has 84 valence electrons. The van der Waals surface area contributed by atoms with E-state index in [0.717, 1.165) is 0 Å². The van der Waals surface area contributed by atoms with Gasteiger partial charge >= 0.3 is 0 Å². The molecule has 0 heterocycles. The Morgan fingerprint density at radius 3 is 2.53 bits per heavy atom. The third kappa shape index (κ3) is 4.51. The Morgan fingerprint density at radius 2 is 1.87 bits per heavy atom. The van der Waals surface area contributed by atoms with E-state index in [9.17, 15) is 0 Å². The fourth-order valence-corrected chi connectivity index (χ4v) is 2.06. The molecule has 0 aromatic heterocycles. The van der Waals surface area contributed by atoms with Crippen LogP contribution in [0.2, 0.25) is 0 Å². The molecule has 0 fully saturated rings.